The number of carbonyl (C=O) groups excluding carboxylic acids is 2. The summed E-state index contributed by atoms with van der Waals surface area (Å²) >= 11 is 0. The smallest absolute Gasteiger partial charge is 0.308 e. The third kappa shape index (κ3) is 3.54. The van der Waals surface area contributed by atoms with Gasteiger partial charge in [0.2, 0.25) is 0 Å². The minimum Gasteiger partial charge on any atom is -0.493 e. The van der Waals surface area contributed by atoms with Crippen molar-refractivity contribution in [2.45, 2.75) is 19.8 Å². The number of esters is 1. The van der Waals surface area contributed by atoms with E-state index in [1.807, 2.05) is 19.1 Å². The van der Waals surface area contributed by atoms with Crippen molar-refractivity contribution in [3.8, 4) is 5.75 Å². The van der Waals surface area contributed by atoms with Crippen molar-refractivity contribution in [3.63, 3.8) is 0 Å². The second-order valence-corrected chi connectivity index (χ2v) is 5.02. The number of rotatable bonds is 4. The van der Waals surface area contributed by atoms with Crippen LogP contribution in [0.15, 0.2) is 24.3 Å². The Balaban J connectivity index is 2.04. The maximum absolute atomic E-state index is 12.6. The second-order valence-electron chi connectivity index (χ2n) is 5.02. The van der Waals surface area contributed by atoms with E-state index in [2.05, 4.69) is 0 Å². The summed E-state index contributed by atoms with van der Waals surface area (Å²) in [6, 6.07) is 7.26. The van der Waals surface area contributed by atoms with Gasteiger partial charge < -0.3 is 14.4 Å². The van der Waals surface area contributed by atoms with E-state index < -0.39 is 0 Å². The summed E-state index contributed by atoms with van der Waals surface area (Å²) in [6.07, 6.45) is 1.30. The van der Waals surface area contributed by atoms with Crippen molar-refractivity contribution in [2.24, 2.45) is 5.92 Å². The van der Waals surface area contributed by atoms with Gasteiger partial charge in [0.15, 0.2) is 0 Å². The van der Waals surface area contributed by atoms with Crippen LogP contribution in [0.1, 0.15) is 30.1 Å². The SMILES string of the molecule is CCOc1ccccc1C(=O)N1CCC(C(=O)OC)CC1. The van der Waals surface area contributed by atoms with Gasteiger partial charge in [-0.2, -0.15) is 0 Å². The van der Waals surface area contributed by atoms with Crippen LogP contribution in [0.4, 0.5) is 0 Å². The molecule has 1 aliphatic heterocycles. The van der Waals surface area contributed by atoms with Crippen molar-refractivity contribution in [2.75, 3.05) is 26.8 Å². The third-order valence-corrected chi connectivity index (χ3v) is 3.73. The number of ether oxygens (including phenoxy) is 2. The molecule has 1 aromatic carbocycles. The molecular formula is C16H21NO4. The largest absolute Gasteiger partial charge is 0.493 e. The molecule has 0 atom stereocenters. The second kappa shape index (κ2) is 7.11. The molecule has 0 aliphatic carbocycles. The summed E-state index contributed by atoms with van der Waals surface area (Å²) in [5.41, 5.74) is 0.580. The van der Waals surface area contributed by atoms with Crippen LogP contribution < -0.4 is 4.74 Å². The number of hydrogen-bond acceptors (Lipinski definition) is 4. The molecule has 0 unspecified atom stereocenters. The zero-order chi connectivity index (χ0) is 15.2. The van der Waals surface area contributed by atoms with Crippen LogP contribution in [0.3, 0.4) is 0 Å². The molecule has 0 bridgehead atoms. The first-order valence-corrected chi connectivity index (χ1v) is 7.26. The predicted octanol–water partition coefficient (Wildman–Crippen LogP) is 2.11. The quantitative estimate of drug-likeness (QED) is 0.797. The number of para-hydroxylation sites is 1. The van der Waals surface area contributed by atoms with Gasteiger partial charge in [0.05, 0.1) is 25.2 Å². The van der Waals surface area contributed by atoms with Gasteiger partial charge in [0, 0.05) is 13.1 Å². The van der Waals surface area contributed by atoms with Gasteiger partial charge >= 0.3 is 5.97 Å². The van der Waals surface area contributed by atoms with Crippen LogP contribution in [0.2, 0.25) is 0 Å². The van der Waals surface area contributed by atoms with E-state index in [1.165, 1.54) is 7.11 Å². The summed E-state index contributed by atoms with van der Waals surface area (Å²) in [4.78, 5) is 25.9. The third-order valence-electron chi connectivity index (χ3n) is 3.73. The first-order valence-electron chi connectivity index (χ1n) is 7.26. The molecule has 5 nitrogen and oxygen atoms in total. The lowest BCUT2D eigenvalue weighted by Gasteiger charge is -2.31. The highest BCUT2D eigenvalue weighted by molar-refractivity contribution is 5.97. The zero-order valence-electron chi connectivity index (χ0n) is 12.5. The molecule has 1 amide bonds. The highest BCUT2D eigenvalue weighted by atomic mass is 16.5. The lowest BCUT2D eigenvalue weighted by atomic mass is 9.96. The number of amides is 1. The maximum Gasteiger partial charge on any atom is 0.308 e. The fraction of sp³-hybridized carbons (Fsp3) is 0.500. The van der Waals surface area contributed by atoms with E-state index in [9.17, 15) is 9.59 Å². The fourth-order valence-corrected chi connectivity index (χ4v) is 2.58. The lowest BCUT2D eigenvalue weighted by molar-refractivity contribution is -0.146. The van der Waals surface area contributed by atoms with E-state index in [4.69, 9.17) is 9.47 Å². The molecule has 114 valence electrons. The highest BCUT2D eigenvalue weighted by Gasteiger charge is 2.29. The summed E-state index contributed by atoms with van der Waals surface area (Å²) in [6.45, 7) is 3.55. The molecule has 1 aliphatic rings. The van der Waals surface area contributed by atoms with Crippen LogP contribution in [-0.2, 0) is 9.53 Å². The summed E-state index contributed by atoms with van der Waals surface area (Å²) < 4.78 is 10.3. The molecule has 0 N–H and O–H groups in total. The lowest BCUT2D eigenvalue weighted by Crippen LogP contribution is -2.40. The Morgan fingerprint density at radius 1 is 1.24 bits per heavy atom. The average molecular weight is 291 g/mol. The first kappa shape index (κ1) is 15.4. The van der Waals surface area contributed by atoms with Crippen LogP contribution in [0, 0.1) is 5.92 Å². The van der Waals surface area contributed by atoms with E-state index in [1.54, 1.807) is 17.0 Å². The van der Waals surface area contributed by atoms with Crippen molar-refractivity contribution >= 4 is 11.9 Å². The van der Waals surface area contributed by atoms with E-state index in [0.29, 0.717) is 43.9 Å². The Morgan fingerprint density at radius 2 is 1.90 bits per heavy atom. The van der Waals surface area contributed by atoms with Crippen molar-refractivity contribution in [1.29, 1.82) is 0 Å². The molecule has 0 radical (unpaired) electrons. The van der Waals surface area contributed by atoms with Crippen LogP contribution in [0.25, 0.3) is 0 Å². The minimum atomic E-state index is -0.184. The van der Waals surface area contributed by atoms with Gasteiger partial charge in [-0.15, -0.1) is 0 Å². The number of likely N-dealkylation sites (tertiary alicyclic amines) is 1. The molecular weight excluding hydrogens is 270 g/mol. The molecule has 0 spiro atoms. The molecule has 1 aromatic rings. The van der Waals surface area contributed by atoms with Crippen molar-refractivity contribution in [1.82, 2.24) is 4.90 Å². The van der Waals surface area contributed by atoms with Crippen LogP contribution in [-0.4, -0.2) is 43.6 Å². The van der Waals surface area contributed by atoms with Crippen molar-refractivity contribution < 1.29 is 19.1 Å². The maximum atomic E-state index is 12.6. The van der Waals surface area contributed by atoms with Gasteiger partial charge in [-0.3, -0.25) is 9.59 Å². The summed E-state index contributed by atoms with van der Waals surface area (Å²) in [5.74, 6) is 0.292. The van der Waals surface area contributed by atoms with Gasteiger partial charge in [-0.05, 0) is 31.9 Å². The Kier molecular flexibility index (Phi) is 5.20. The normalized spacial score (nSPS) is 15.6. The van der Waals surface area contributed by atoms with E-state index in [0.717, 1.165) is 0 Å². The van der Waals surface area contributed by atoms with Crippen LogP contribution >= 0.6 is 0 Å². The molecule has 5 heteroatoms. The van der Waals surface area contributed by atoms with Gasteiger partial charge in [-0.1, -0.05) is 12.1 Å². The molecule has 0 saturated carbocycles. The predicted molar refractivity (Wildman–Crippen MR) is 78.3 cm³/mol. The first-order chi connectivity index (χ1) is 10.2. The summed E-state index contributed by atoms with van der Waals surface area (Å²) in [5, 5.41) is 0. The zero-order valence-corrected chi connectivity index (χ0v) is 12.5. The van der Waals surface area contributed by atoms with Crippen molar-refractivity contribution in [3.05, 3.63) is 29.8 Å². The number of nitrogens with zero attached hydrogens (tertiary/aromatic N) is 1. The minimum absolute atomic E-state index is 0.0395. The highest BCUT2D eigenvalue weighted by Crippen LogP contribution is 2.24. The Morgan fingerprint density at radius 3 is 2.52 bits per heavy atom. The average Bonchev–Trinajstić information content (AvgIpc) is 2.54. The molecule has 1 heterocycles. The number of methoxy groups -OCH3 is 1. The number of carbonyl (C=O) groups is 2. The Hall–Kier alpha value is -2.04. The van der Waals surface area contributed by atoms with Gasteiger partial charge in [0.1, 0.15) is 5.75 Å². The standard InChI is InChI=1S/C16H21NO4/c1-3-21-14-7-5-4-6-13(14)15(18)17-10-8-12(9-11-17)16(19)20-2/h4-7,12H,3,8-11H2,1-2H3. The van der Waals surface area contributed by atoms with Gasteiger partial charge in [0.25, 0.3) is 5.91 Å². The monoisotopic (exact) mass is 291 g/mol. The molecule has 21 heavy (non-hydrogen) atoms. The molecule has 2 rings (SSSR count). The summed E-state index contributed by atoms with van der Waals surface area (Å²) in [7, 11) is 1.40. The fourth-order valence-electron chi connectivity index (χ4n) is 2.58. The Bertz CT molecular complexity index is 507. The van der Waals surface area contributed by atoms with Crippen LogP contribution in [0.5, 0.6) is 5.75 Å². The topological polar surface area (TPSA) is 55.8 Å². The number of hydrogen-bond donors (Lipinski definition) is 0. The number of benzene rings is 1. The van der Waals surface area contributed by atoms with E-state index >= 15 is 0 Å². The van der Waals surface area contributed by atoms with Gasteiger partial charge in [-0.25, -0.2) is 0 Å². The number of piperidine rings is 1. The molecule has 1 saturated heterocycles. The molecule has 0 aromatic heterocycles. The Labute approximate surface area is 124 Å². The van der Waals surface area contributed by atoms with E-state index in [-0.39, 0.29) is 17.8 Å². The molecule has 1 fully saturated rings.